The molecule has 100 valence electrons. The molecule has 0 radical (unpaired) electrons. The molecule has 0 fully saturated rings. The van der Waals surface area contributed by atoms with Gasteiger partial charge in [0.2, 0.25) is 5.76 Å². The SMILES string of the molecule is Cc1c(-c2ccccc2)oc(-c2ccccc2O)[n+]1O. The lowest BCUT2D eigenvalue weighted by Crippen LogP contribution is -2.33. The summed E-state index contributed by atoms with van der Waals surface area (Å²) in [5, 5.41) is 20.0. The van der Waals surface area contributed by atoms with E-state index < -0.39 is 0 Å². The highest BCUT2D eigenvalue weighted by Gasteiger charge is 2.29. The average molecular weight is 268 g/mol. The zero-order valence-corrected chi connectivity index (χ0v) is 10.9. The molecule has 1 aromatic heterocycles. The highest BCUT2D eigenvalue weighted by atomic mass is 16.5. The Balaban J connectivity index is 2.19. The summed E-state index contributed by atoms with van der Waals surface area (Å²) in [6.45, 7) is 1.76. The van der Waals surface area contributed by atoms with Crippen molar-refractivity contribution < 1.29 is 19.5 Å². The van der Waals surface area contributed by atoms with Crippen LogP contribution in [0.1, 0.15) is 5.69 Å². The lowest BCUT2D eigenvalue weighted by molar-refractivity contribution is -0.901. The van der Waals surface area contributed by atoms with E-state index in [1.54, 1.807) is 31.2 Å². The standard InChI is InChI=1S/C16H13NO3/c1-11-15(12-7-3-2-4-8-12)20-16(17(11)19)13-9-5-6-10-14(13)18/h2-10,19H,1H3/p+1. The first-order valence-electron chi connectivity index (χ1n) is 6.27. The lowest BCUT2D eigenvalue weighted by Gasteiger charge is -1.95. The predicted molar refractivity (Wildman–Crippen MR) is 73.4 cm³/mol. The van der Waals surface area contributed by atoms with Crippen LogP contribution in [0.15, 0.2) is 59.0 Å². The van der Waals surface area contributed by atoms with Gasteiger partial charge in [0.1, 0.15) is 11.3 Å². The third kappa shape index (κ3) is 1.91. The largest absolute Gasteiger partial charge is 0.507 e. The molecule has 0 saturated heterocycles. The minimum atomic E-state index is 0.0589. The summed E-state index contributed by atoms with van der Waals surface area (Å²) in [6.07, 6.45) is 0. The van der Waals surface area contributed by atoms with E-state index in [0.717, 1.165) is 10.3 Å². The lowest BCUT2D eigenvalue weighted by atomic mass is 10.1. The summed E-state index contributed by atoms with van der Waals surface area (Å²) in [6, 6.07) is 16.3. The highest BCUT2D eigenvalue weighted by Crippen LogP contribution is 2.31. The number of aromatic nitrogens is 1. The Hall–Kier alpha value is -2.75. The fourth-order valence-electron chi connectivity index (χ4n) is 2.14. The maximum Gasteiger partial charge on any atom is 0.433 e. The molecule has 2 aromatic carbocycles. The van der Waals surface area contributed by atoms with Gasteiger partial charge in [0, 0.05) is 12.5 Å². The number of hydrogen-bond donors (Lipinski definition) is 2. The molecule has 0 saturated carbocycles. The maximum atomic E-state index is 10.2. The van der Waals surface area contributed by atoms with Crippen molar-refractivity contribution in [3.63, 3.8) is 0 Å². The van der Waals surface area contributed by atoms with Gasteiger partial charge in [-0.15, -0.1) is 0 Å². The fourth-order valence-corrected chi connectivity index (χ4v) is 2.14. The number of benzene rings is 2. The van der Waals surface area contributed by atoms with Crippen LogP contribution >= 0.6 is 0 Å². The van der Waals surface area contributed by atoms with Gasteiger partial charge in [-0.2, -0.15) is 0 Å². The minimum Gasteiger partial charge on any atom is -0.507 e. The summed E-state index contributed by atoms with van der Waals surface area (Å²) < 4.78 is 6.71. The van der Waals surface area contributed by atoms with Gasteiger partial charge in [0.05, 0.1) is 4.73 Å². The smallest absolute Gasteiger partial charge is 0.433 e. The summed E-state index contributed by atoms with van der Waals surface area (Å²) in [4.78, 5) is 0. The van der Waals surface area contributed by atoms with Crippen molar-refractivity contribution in [2.45, 2.75) is 6.92 Å². The van der Waals surface area contributed by atoms with Crippen LogP contribution < -0.4 is 4.73 Å². The molecule has 1 heterocycles. The highest BCUT2D eigenvalue weighted by molar-refractivity contribution is 5.64. The second-order valence-corrected chi connectivity index (χ2v) is 4.52. The van der Waals surface area contributed by atoms with E-state index in [-0.39, 0.29) is 11.6 Å². The fraction of sp³-hybridized carbons (Fsp3) is 0.0625. The second kappa shape index (κ2) is 4.74. The number of para-hydroxylation sites is 1. The predicted octanol–water partition coefficient (Wildman–Crippen LogP) is 3.15. The maximum absolute atomic E-state index is 10.2. The quantitative estimate of drug-likeness (QED) is 0.554. The number of oxazole rings is 1. The molecule has 0 amide bonds. The van der Waals surface area contributed by atoms with Crippen LogP contribution in [0.25, 0.3) is 22.8 Å². The topological polar surface area (TPSA) is 57.5 Å². The van der Waals surface area contributed by atoms with E-state index in [1.807, 2.05) is 30.3 Å². The van der Waals surface area contributed by atoms with Crippen molar-refractivity contribution in [3.05, 3.63) is 60.3 Å². The van der Waals surface area contributed by atoms with E-state index in [1.165, 1.54) is 0 Å². The van der Waals surface area contributed by atoms with Crippen LogP contribution in [0.2, 0.25) is 0 Å². The molecule has 0 bridgehead atoms. The van der Waals surface area contributed by atoms with Gasteiger partial charge in [0.25, 0.3) is 5.69 Å². The van der Waals surface area contributed by atoms with Crippen molar-refractivity contribution in [2.24, 2.45) is 0 Å². The van der Waals surface area contributed by atoms with Crippen molar-refractivity contribution in [2.75, 3.05) is 0 Å². The monoisotopic (exact) mass is 268 g/mol. The van der Waals surface area contributed by atoms with Crippen LogP contribution in [0.4, 0.5) is 0 Å². The van der Waals surface area contributed by atoms with Gasteiger partial charge in [0.15, 0.2) is 0 Å². The molecule has 0 aliphatic carbocycles. The Kier molecular flexibility index (Phi) is 2.91. The first kappa shape index (κ1) is 12.3. The summed E-state index contributed by atoms with van der Waals surface area (Å²) >= 11 is 0. The number of nitrogens with zero attached hydrogens (tertiary/aromatic N) is 1. The summed E-state index contributed by atoms with van der Waals surface area (Å²) in [5.41, 5.74) is 1.89. The molecule has 3 rings (SSSR count). The molecule has 20 heavy (non-hydrogen) atoms. The Bertz CT molecular complexity index is 748. The van der Waals surface area contributed by atoms with Crippen LogP contribution in [0.3, 0.4) is 0 Å². The molecule has 4 heteroatoms. The van der Waals surface area contributed by atoms with E-state index in [0.29, 0.717) is 17.0 Å². The average Bonchev–Trinajstić information content (AvgIpc) is 2.77. The van der Waals surface area contributed by atoms with Gasteiger partial charge in [-0.3, -0.25) is 5.21 Å². The number of phenolic OH excluding ortho intramolecular Hbond substituents is 1. The van der Waals surface area contributed by atoms with Crippen LogP contribution in [-0.2, 0) is 0 Å². The molecule has 0 unspecified atom stereocenters. The van der Waals surface area contributed by atoms with Gasteiger partial charge in [-0.05, 0) is 12.1 Å². The summed E-state index contributed by atoms with van der Waals surface area (Å²) in [5.74, 6) is 0.842. The molecular weight excluding hydrogens is 254 g/mol. The van der Waals surface area contributed by atoms with E-state index in [9.17, 15) is 10.3 Å². The second-order valence-electron chi connectivity index (χ2n) is 4.52. The van der Waals surface area contributed by atoms with E-state index in [2.05, 4.69) is 0 Å². The van der Waals surface area contributed by atoms with Crippen molar-refractivity contribution in [1.82, 2.24) is 0 Å². The molecule has 3 aromatic rings. The van der Waals surface area contributed by atoms with Gasteiger partial charge >= 0.3 is 5.89 Å². The molecule has 0 spiro atoms. The third-order valence-electron chi connectivity index (χ3n) is 3.21. The molecular formula is C16H14NO3+. The Morgan fingerprint density at radius 3 is 2.30 bits per heavy atom. The Labute approximate surface area is 116 Å². The van der Waals surface area contributed by atoms with Crippen LogP contribution in [-0.4, -0.2) is 10.3 Å². The zero-order chi connectivity index (χ0) is 14.1. The molecule has 0 aliphatic heterocycles. The number of hydrogen-bond acceptors (Lipinski definition) is 3. The van der Waals surface area contributed by atoms with Crippen LogP contribution in [0, 0.1) is 6.92 Å². The van der Waals surface area contributed by atoms with Crippen molar-refractivity contribution in [1.29, 1.82) is 0 Å². The summed E-state index contributed by atoms with van der Waals surface area (Å²) in [7, 11) is 0. The van der Waals surface area contributed by atoms with E-state index in [4.69, 9.17) is 4.42 Å². The minimum absolute atomic E-state index is 0.0589. The number of rotatable bonds is 2. The van der Waals surface area contributed by atoms with E-state index >= 15 is 0 Å². The van der Waals surface area contributed by atoms with Crippen molar-refractivity contribution >= 4 is 0 Å². The first-order valence-corrected chi connectivity index (χ1v) is 6.27. The normalized spacial score (nSPS) is 10.7. The molecule has 0 aliphatic rings. The first-order chi connectivity index (χ1) is 9.68. The van der Waals surface area contributed by atoms with Crippen LogP contribution in [0.5, 0.6) is 5.75 Å². The number of aromatic hydroxyl groups is 1. The van der Waals surface area contributed by atoms with Gasteiger partial charge < -0.3 is 9.52 Å². The number of phenols is 1. The molecule has 4 nitrogen and oxygen atoms in total. The van der Waals surface area contributed by atoms with Gasteiger partial charge in [-0.25, -0.2) is 0 Å². The molecule has 0 atom stereocenters. The zero-order valence-electron chi connectivity index (χ0n) is 10.9. The van der Waals surface area contributed by atoms with Crippen molar-refractivity contribution in [3.8, 4) is 28.5 Å². The third-order valence-corrected chi connectivity index (χ3v) is 3.21. The Morgan fingerprint density at radius 2 is 1.60 bits per heavy atom. The molecule has 2 N–H and O–H groups in total. The van der Waals surface area contributed by atoms with Gasteiger partial charge in [-0.1, -0.05) is 42.5 Å². The Morgan fingerprint density at radius 1 is 0.950 bits per heavy atom.